The van der Waals surface area contributed by atoms with Gasteiger partial charge in [-0.3, -0.25) is 0 Å². The van der Waals surface area contributed by atoms with Crippen molar-refractivity contribution >= 4 is 17.7 Å². The van der Waals surface area contributed by atoms with Crippen LogP contribution in [0.4, 0.5) is 0 Å². The largest absolute Gasteiger partial charge is 0.478 e. The van der Waals surface area contributed by atoms with Gasteiger partial charge in [0.25, 0.3) is 0 Å². The van der Waals surface area contributed by atoms with Gasteiger partial charge in [0.2, 0.25) is 0 Å². The van der Waals surface area contributed by atoms with Crippen molar-refractivity contribution in [2.45, 2.75) is 65.2 Å². The van der Waals surface area contributed by atoms with Crippen LogP contribution in [-0.4, -0.2) is 34.5 Å². The summed E-state index contributed by atoms with van der Waals surface area (Å²) < 4.78 is 0. The number of aromatic carboxylic acids is 1. The van der Waals surface area contributed by atoms with Gasteiger partial charge in [-0.1, -0.05) is 51.0 Å². The van der Waals surface area contributed by atoms with Crippen molar-refractivity contribution in [3.63, 3.8) is 0 Å². The molecule has 2 aromatic carbocycles. The first-order chi connectivity index (χ1) is 15.8. The smallest absolute Gasteiger partial charge is 0.335 e. The Morgan fingerprint density at radius 1 is 0.971 bits per heavy atom. The zero-order valence-electron chi connectivity index (χ0n) is 20.7. The van der Waals surface area contributed by atoms with Gasteiger partial charge in [-0.05, 0) is 78.0 Å². The topological polar surface area (TPSA) is 96.2 Å². The third-order valence-corrected chi connectivity index (χ3v) is 6.68. The van der Waals surface area contributed by atoms with Crippen LogP contribution in [0.1, 0.15) is 85.6 Å². The van der Waals surface area contributed by atoms with Crippen LogP contribution >= 0.6 is 0 Å². The molecule has 2 N–H and O–H groups in total. The molecule has 34 heavy (non-hydrogen) atoms. The summed E-state index contributed by atoms with van der Waals surface area (Å²) in [5, 5.41) is 22.6. The average Bonchev–Trinajstić information content (AvgIpc) is 2.74. The summed E-state index contributed by atoms with van der Waals surface area (Å²) in [6.45, 7) is 12.8. The molecular formula is C28H33NO5. The molecule has 0 fully saturated rings. The maximum Gasteiger partial charge on any atom is 0.335 e. The Balaban J connectivity index is 2.13. The number of carboxylic acids is 2. The first-order valence-corrected chi connectivity index (χ1v) is 11.4. The standard InChI is InChI=1S/C28H33NO5/c1-17(13-24(30)31)16-34-29-25(19-7-9-20(10-8-19)26(32)33)21-15-23-22(14-18(21)2)27(3,4)11-12-28(23,5)6/h7-10,13-15H,11-12,16H2,1-6H3,(H,30,31)(H,32,33)/b17-13+,29-25+. The van der Waals surface area contributed by atoms with Crippen molar-refractivity contribution in [2.75, 3.05) is 6.61 Å². The molecule has 0 saturated carbocycles. The lowest BCUT2D eigenvalue weighted by Gasteiger charge is -2.42. The van der Waals surface area contributed by atoms with E-state index in [0.29, 0.717) is 11.3 Å². The molecule has 1 aliphatic carbocycles. The lowest BCUT2D eigenvalue weighted by molar-refractivity contribution is -0.131. The number of nitrogens with zero attached hydrogens (tertiary/aromatic N) is 1. The molecule has 180 valence electrons. The highest BCUT2D eigenvalue weighted by atomic mass is 16.6. The lowest BCUT2D eigenvalue weighted by atomic mass is 9.62. The molecule has 3 rings (SSSR count). The van der Waals surface area contributed by atoms with Crippen molar-refractivity contribution in [1.29, 1.82) is 0 Å². The minimum Gasteiger partial charge on any atom is -0.478 e. The summed E-state index contributed by atoms with van der Waals surface area (Å²) in [7, 11) is 0. The fraction of sp³-hybridized carbons (Fsp3) is 0.393. The minimum atomic E-state index is -1.04. The van der Waals surface area contributed by atoms with Crippen LogP contribution in [-0.2, 0) is 20.5 Å². The van der Waals surface area contributed by atoms with Crippen LogP contribution in [0.15, 0.2) is 53.2 Å². The van der Waals surface area contributed by atoms with E-state index in [1.54, 1.807) is 31.2 Å². The van der Waals surface area contributed by atoms with Gasteiger partial charge in [0.05, 0.1) is 5.56 Å². The Hall–Kier alpha value is -3.41. The van der Waals surface area contributed by atoms with Gasteiger partial charge in [0.1, 0.15) is 12.3 Å². The number of aliphatic carboxylic acids is 1. The molecule has 0 amide bonds. The molecule has 0 heterocycles. The van der Waals surface area contributed by atoms with E-state index in [1.807, 2.05) is 6.92 Å². The van der Waals surface area contributed by atoms with Crippen LogP contribution in [0.3, 0.4) is 0 Å². The summed E-state index contributed by atoms with van der Waals surface area (Å²) >= 11 is 0. The van der Waals surface area contributed by atoms with E-state index in [9.17, 15) is 14.7 Å². The zero-order chi connectivity index (χ0) is 25.3. The van der Waals surface area contributed by atoms with Crippen molar-refractivity contribution in [2.24, 2.45) is 5.16 Å². The number of hydrogen-bond acceptors (Lipinski definition) is 4. The maximum atomic E-state index is 11.3. The first kappa shape index (κ1) is 25.2. The minimum absolute atomic E-state index is 0.00719. The third-order valence-electron chi connectivity index (χ3n) is 6.68. The highest BCUT2D eigenvalue weighted by Crippen LogP contribution is 2.46. The summed E-state index contributed by atoms with van der Waals surface area (Å²) in [5.74, 6) is -2.03. The molecular weight excluding hydrogens is 430 g/mol. The number of aryl methyl sites for hydroxylation is 1. The molecule has 1 aliphatic rings. The normalized spacial score (nSPS) is 17.1. The van der Waals surface area contributed by atoms with Gasteiger partial charge < -0.3 is 15.1 Å². The Bertz CT molecular complexity index is 1170. The SMILES string of the molecule is C/C(=C\C(=O)O)CO/N=C(\c1ccc(C(=O)O)cc1)c1cc2c(cc1C)C(C)(C)CCC2(C)C. The molecule has 0 unspecified atom stereocenters. The second-order valence-electron chi connectivity index (χ2n) is 10.4. The molecule has 0 bridgehead atoms. The van der Waals surface area contributed by atoms with E-state index in [0.717, 1.165) is 35.6 Å². The van der Waals surface area contributed by atoms with Gasteiger partial charge in [0.15, 0.2) is 0 Å². The number of fused-ring (bicyclic) bond motifs is 1. The Kier molecular flexibility index (Phi) is 7.01. The Morgan fingerprint density at radius 3 is 2.03 bits per heavy atom. The molecule has 0 saturated heterocycles. The van der Waals surface area contributed by atoms with Gasteiger partial charge in [-0.15, -0.1) is 0 Å². The summed E-state index contributed by atoms with van der Waals surface area (Å²) in [6.07, 6.45) is 3.28. The van der Waals surface area contributed by atoms with E-state index >= 15 is 0 Å². The fourth-order valence-corrected chi connectivity index (χ4v) is 4.46. The number of carbonyl (C=O) groups is 2. The second-order valence-corrected chi connectivity index (χ2v) is 10.4. The molecule has 0 atom stereocenters. The number of hydrogen-bond donors (Lipinski definition) is 2. The molecule has 0 radical (unpaired) electrons. The van der Waals surface area contributed by atoms with Crippen LogP contribution in [0, 0.1) is 6.92 Å². The predicted octanol–water partition coefficient (Wildman–Crippen LogP) is 5.84. The predicted molar refractivity (Wildman–Crippen MR) is 133 cm³/mol. The first-order valence-electron chi connectivity index (χ1n) is 11.4. The molecule has 2 aromatic rings. The maximum absolute atomic E-state index is 11.3. The molecule has 0 aliphatic heterocycles. The van der Waals surface area contributed by atoms with Crippen LogP contribution in [0.25, 0.3) is 0 Å². The summed E-state index contributed by atoms with van der Waals surface area (Å²) in [4.78, 5) is 27.8. The van der Waals surface area contributed by atoms with E-state index in [1.165, 1.54) is 11.1 Å². The number of carboxylic acid groups (broad SMARTS) is 2. The van der Waals surface area contributed by atoms with E-state index < -0.39 is 11.9 Å². The Labute approximate surface area is 201 Å². The highest BCUT2D eigenvalue weighted by Gasteiger charge is 2.37. The molecule has 6 nitrogen and oxygen atoms in total. The summed E-state index contributed by atoms with van der Waals surface area (Å²) in [5.41, 5.74) is 6.68. The van der Waals surface area contributed by atoms with Crippen LogP contribution in [0.2, 0.25) is 0 Å². The van der Waals surface area contributed by atoms with E-state index in [4.69, 9.17) is 9.94 Å². The van der Waals surface area contributed by atoms with E-state index in [-0.39, 0.29) is 23.0 Å². The second kappa shape index (κ2) is 9.45. The fourth-order valence-electron chi connectivity index (χ4n) is 4.46. The van der Waals surface area contributed by atoms with Crippen molar-refractivity contribution in [3.8, 4) is 0 Å². The molecule has 6 heteroatoms. The number of oxime groups is 1. The van der Waals surface area contributed by atoms with Crippen molar-refractivity contribution in [1.82, 2.24) is 0 Å². The highest BCUT2D eigenvalue weighted by molar-refractivity contribution is 6.14. The average molecular weight is 464 g/mol. The van der Waals surface area contributed by atoms with Crippen molar-refractivity contribution < 1.29 is 24.6 Å². The lowest BCUT2D eigenvalue weighted by Crippen LogP contribution is -2.34. The molecule has 0 aromatic heterocycles. The number of benzene rings is 2. The zero-order valence-corrected chi connectivity index (χ0v) is 20.7. The van der Waals surface area contributed by atoms with Crippen LogP contribution in [0.5, 0.6) is 0 Å². The quantitative estimate of drug-likeness (QED) is 0.305. The van der Waals surface area contributed by atoms with Crippen molar-refractivity contribution in [3.05, 3.63) is 81.4 Å². The van der Waals surface area contributed by atoms with Gasteiger partial charge >= 0.3 is 11.9 Å². The monoisotopic (exact) mass is 463 g/mol. The van der Waals surface area contributed by atoms with E-state index in [2.05, 4.69) is 45.0 Å². The van der Waals surface area contributed by atoms with Gasteiger partial charge in [0, 0.05) is 17.2 Å². The Morgan fingerprint density at radius 2 is 1.50 bits per heavy atom. The van der Waals surface area contributed by atoms with Gasteiger partial charge in [-0.2, -0.15) is 0 Å². The van der Waals surface area contributed by atoms with Crippen LogP contribution < -0.4 is 0 Å². The van der Waals surface area contributed by atoms with Gasteiger partial charge in [-0.25, -0.2) is 9.59 Å². The third kappa shape index (κ3) is 5.38. The molecule has 0 spiro atoms. The summed E-state index contributed by atoms with van der Waals surface area (Å²) in [6, 6.07) is 11.0. The number of rotatable bonds is 7.